The molecular formula is C14H17N3O5S. The van der Waals surface area contributed by atoms with Crippen LogP contribution in [0.1, 0.15) is 10.4 Å². The molecule has 0 bridgehead atoms. The fraction of sp³-hybridized carbons (Fsp3) is 0.500. The minimum Gasteiger partial charge on any atom is -0.455 e. The Hall–Kier alpha value is -1.77. The molecule has 0 amide bonds. The van der Waals surface area contributed by atoms with Crippen LogP contribution in [0.4, 0.5) is 0 Å². The van der Waals surface area contributed by atoms with Gasteiger partial charge in [-0.15, -0.1) is 11.8 Å². The molecule has 0 aliphatic carbocycles. The highest BCUT2D eigenvalue weighted by molar-refractivity contribution is 7.99. The number of aliphatic hydroxyl groups is 2. The average Bonchev–Trinajstić information content (AvgIpc) is 2.59. The predicted molar refractivity (Wildman–Crippen MR) is 83.8 cm³/mol. The van der Waals surface area contributed by atoms with E-state index in [1.807, 2.05) is 0 Å². The minimum absolute atomic E-state index is 0.312. The maximum absolute atomic E-state index is 12.2. The summed E-state index contributed by atoms with van der Waals surface area (Å²) in [4.78, 5) is 15.0. The summed E-state index contributed by atoms with van der Waals surface area (Å²) in [6.07, 6.45) is -1.60. The van der Waals surface area contributed by atoms with Gasteiger partial charge in [-0.05, 0) is 23.9 Å². The van der Waals surface area contributed by atoms with Gasteiger partial charge in [0.2, 0.25) is 0 Å². The Balaban J connectivity index is 2.25. The first-order valence-electron chi connectivity index (χ1n) is 6.89. The van der Waals surface area contributed by atoms with E-state index in [2.05, 4.69) is 10.0 Å². The Labute approximate surface area is 137 Å². The van der Waals surface area contributed by atoms with Crippen molar-refractivity contribution in [2.45, 2.75) is 29.8 Å². The number of nitrogens with zero attached hydrogens (tertiary/aromatic N) is 3. The maximum atomic E-state index is 12.2. The zero-order valence-corrected chi connectivity index (χ0v) is 13.2. The fourth-order valence-electron chi connectivity index (χ4n) is 2.33. The van der Waals surface area contributed by atoms with Crippen LogP contribution in [0.15, 0.2) is 35.4 Å². The van der Waals surface area contributed by atoms with Crippen molar-refractivity contribution in [3.8, 4) is 0 Å². The van der Waals surface area contributed by atoms with E-state index in [4.69, 9.17) is 15.0 Å². The average molecular weight is 339 g/mol. The Morgan fingerprint density at radius 3 is 2.74 bits per heavy atom. The van der Waals surface area contributed by atoms with Gasteiger partial charge in [0.1, 0.15) is 29.8 Å². The van der Waals surface area contributed by atoms with E-state index in [1.165, 1.54) is 11.8 Å². The molecule has 8 nitrogen and oxygen atoms in total. The van der Waals surface area contributed by atoms with E-state index in [0.717, 1.165) is 0 Å². The number of benzene rings is 1. The second kappa shape index (κ2) is 8.19. The smallest absolute Gasteiger partial charge is 0.338 e. The van der Waals surface area contributed by atoms with Gasteiger partial charge in [-0.25, -0.2) is 4.79 Å². The number of carbonyl (C=O) groups is 1. The summed E-state index contributed by atoms with van der Waals surface area (Å²) in [6.45, 7) is -0.444. The van der Waals surface area contributed by atoms with Crippen molar-refractivity contribution < 1.29 is 24.5 Å². The van der Waals surface area contributed by atoms with Crippen LogP contribution in [0.3, 0.4) is 0 Å². The van der Waals surface area contributed by atoms with Gasteiger partial charge >= 0.3 is 5.97 Å². The topological polar surface area (TPSA) is 125 Å². The fourth-order valence-corrected chi connectivity index (χ4v) is 3.07. The molecule has 1 fully saturated rings. The van der Waals surface area contributed by atoms with E-state index in [-0.39, 0.29) is 0 Å². The van der Waals surface area contributed by atoms with Crippen molar-refractivity contribution in [2.24, 2.45) is 5.11 Å². The lowest BCUT2D eigenvalue weighted by molar-refractivity contribution is -0.167. The molecule has 2 rings (SSSR count). The van der Waals surface area contributed by atoms with Gasteiger partial charge in [-0.1, -0.05) is 23.3 Å². The second-order valence-electron chi connectivity index (χ2n) is 4.88. The van der Waals surface area contributed by atoms with E-state index in [1.54, 1.807) is 36.6 Å². The molecule has 1 saturated heterocycles. The van der Waals surface area contributed by atoms with Crippen LogP contribution in [-0.4, -0.2) is 58.8 Å². The van der Waals surface area contributed by atoms with Gasteiger partial charge in [0.25, 0.3) is 0 Å². The Morgan fingerprint density at radius 1 is 1.48 bits per heavy atom. The first-order valence-corrected chi connectivity index (χ1v) is 8.18. The highest BCUT2D eigenvalue weighted by Gasteiger charge is 2.46. The lowest BCUT2D eigenvalue weighted by Gasteiger charge is -2.41. The molecule has 0 saturated carbocycles. The van der Waals surface area contributed by atoms with Crippen molar-refractivity contribution in [1.82, 2.24) is 0 Å². The molecule has 0 spiro atoms. The van der Waals surface area contributed by atoms with Crippen LogP contribution in [0.25, 0.3) is 10.4 Å². The molecule has 1 heterocycles. The first kappa shape index (κ1) is 17.6. The summed E-state index contributed by atoms with van der Waals surface area (Å²) in [5.41, 5.74) is 8.41. The second-order valence-corrected chi connectivity index (χ2v) is 5.82. The lowest BCUT2D eigenvalue weighted by Crippen LogP contribution is -2.58. The molecular weight excluding hydrogens is 322 g/mol. The van der Waals surface area contributed by atoms with Crippen molar-refractivity contribution in [2.75, 3.05) is 12.9 Å². The zero-order valence-electron chi connectivity index (χ0n) is 12.3. The third-order valence-electron chi connectivity index (χ3n) is 3.49. The maximum Gasteiger partial charge on any atom is 0.338 e. The highest BCUT2D eigenvalue weighted by atomic mass is 32.2. The molecule has 5 atom stereocenters. The number of thioether (sulfide) groups is 1. The van der Waals surface area contributed by atoms with Crippen LogP contribution >= 0.6 is 11.8 Å². The van der Waals surface area contributed by atoms with Gasteiger partial charge in [-0.2, -0.15) is 0 Å². The molecule has 2 unspecified atom stereocenters. The third-order valence-corrected chi connectivity index (χ3v) is 4.35. The summed E-state index contributed by atoms with van der Waals surface area (Å²) in [7, 11) is 0. The molecule has 1 aromatic carbocycles. The number of esters is 1. The first-order chi connectivity index (χ1) is 11.1. The summed E-state index contributed by atoms with van der Waals surface area (Å²) < 4.78 is 10.8. The van der Waals surface area contributed by atoms with Crippen LogP contribution < -0.4 is 0 Å². The highest BCUT2D eigenvalue weighted by Crippen LogP contribution is 2.31. The van der Waals surface area contributed by atoms with E-state index in [0.29, 0.717) is 5.56 Å². The molecule has 2 N–H and O–H groups in total. The number of carbonyl (C=O) groups excluding carboxylic acids is 1. The quantitative estimate of drug-likeness (QED) is 0.361. The number of rotatable bonds is 5. The SMILES string of the molecule is CS[C@@H]1OC(CO)[C@H](O)[C@H](OC(=O)c2ccccc2)C1N=[N+]=[N-]. The van der Waals surface area contributed by atoms with Gasteiger partial charge in [0, 0.05) is 4.91 Å². The Bertz CT molecular complexity index is 581. The lowest BCUT2D eigenvalue weighted by atomic mass is 9.98. The van der Waals surface area contributed by atoms with Gasteiger partial charge in [-0.3, -0.25) is 0 Å². The van der Waals surface area contributed by atoms with Crippen molar-refractivity contribution in [3.05, 3.63) is 46.3 Å². The summed E-state index contributed by atoms with van der Waals surface area (Å²) in [6, 6.07) is 7.37. The number of azide groups is 1. The Morgan fingerprint density at radius 2 is 2.17 bits per heavy atom. The van der Waals surface area contributed by atoms with E-state index < -0.39 is 42.4 Å². The van der Waals surface area contributed by atoms with Crippen LogP contribution in [0.2, 0.25) is 0 Å². The largest absolute Gasteiger partial charge is 0.455 e. The van der Waals surface area contributed by atoms with Gasteiger partial charge in [0.15, 0.2) is 0 Å². The number of ether oxygens (including phenoxy) is 2. The Kier molecular flexibility index (Phi) is 6.26. The van der Waals surface area contributed by atoms with Crippen molar-refractivity contribution >= 4 is 17.7 Å². The molecule has 1 aliphatic heterocycles. The van der Waals surface area contributed by atoms with E-state index in [9.17, 15) is 15.0 Å². The molecule has 1 aromatic rings. The van der Waals surface area contributed by atoms with Crippen molar-refractivity contribution in [1.29, 1.82) is 0 Å². The third kappa shape index (κ3) is 3.95. The predicted octanol–water partition coefficient (Wildman–Crippen LogP) is 1.33. The zero-order chi connectivity index (χ0) is 16.8. The summed E-state index contributed by atoms with van der Waals surface area (Å²) >= 11 is 1.24. The van der Waals surface area contributed by atoms with Gasteiger partial charge in [0.05, 0.1) is 12.2 Å². The number of aliphatic hydroxyl groups excluding tert-OH is 2. The molecule has 1 aliphatic rings. The molecule has 0 aromatic heterocycles. The van der Waals surface area contributed by atoms with Crippen LogP contribution in [0, 0.1) is 0 Å². The molecule has 0 radical (unpaired) electrons. The van der Waals surface area contributed by atoms with Crippen LogP contribution in [-0.2, 0) is 9.47 Å². The van der Waals surface area contributed by atoms with Crippen LogP contribution in [0.5, 0.6) is 0 Å². The normalized spacial score (nSPS) is 30.3. The molecule has 9 heteroatoms. The van der Waals surface area contributed by atoms with Crippen molar-refractivity contribution in [3.63, 3.8) is 0 Å². The summed E-state index contributed by atoms with van der Waals surface area (Å²) in [5.74, 6) is -0.647. The number of hydrogen-bond donors (Lipinski definition) is 2. The molecule has 124 valence electrons. The monoisotopic (exact) mass is 339 g/mol. The standard InChI is InChI=1S/C14H17N3O5S/c1-23-14-10(16-17-15)12(11(19)9(7-18)21-14)22-13(20)8-5-3-2-4-6-8/h2-6,9-12,14,18-19H,7H2,1H3/t9?,10?,11-,12+,14-/m0/s1. The van der Waals surface area contributed by atoms with Gasteiger partial charge < -0.3 is 19.7 Å². The number of hydrogen-bond acceptors (Lipinski definition) is 7. The van der Waals surface area contributed by atoms with E-state index >= 15 is 0 Å². The molecule has 23 heavy (non-hydrogen) atoms. The summed E-state index contributed by atoms with van der Waals surface area (Å²) in [5, 5.41) is 23.2. The minimum atomic E-state index is -1.30.